The van der Waals surface area contributed by atoms with E-state index in [0.717, 1.165) is 37.0 Å². The Hall–Kier alpha value is -2.02. The average molecular weight is 359 g/mol. The molecule has 0 spiro atoms. The van der Waals surface area contributed by atoms with Gasteiger partial charge in [0.05, 0.1) is 4.92 Å². The molecule has 4 saturated carbocycles. The molecule has 4 bridgehead atoms. The Labute approximate surface area is 151 Å². The van der Waals surface area contributed by atoms with Crippen LogP contribution in [0, 0.1) is 27.9 Å². The number of hydrogen-bond acceptors (Lipinski definition) is 4. The summed E-state index contributed by atoms with van der Waals surface area (Å²) < 4.78 is 0. The van der Waals surface area contributed by atoms with Gasteiger partial charge in [0.25, 0.3) is 11.6 Å². The summed E-state index contributed by atoms with van der Waals surface area (Å²) in [6.07, 6.45) is 7.32. The van der Waals surface area contributed by atoms with E-state index in [-0.39, 0.29) is 21.9 Å². The van der Waals surface area contributed by atoms with Crippen LogP contribution >= 0.6 is 12.2 Å². The van der Waals surface area contributed by atoms with Gasteiger partial charge in [0.15, 0.2) is 5.11 Å². The van der Waals surface area contributed by atoms with Gasteiger partial charge in [0.2, 0.25) is 0 Å². The van der Waals surface area contributed by atoms with E-state index >= 15 is 0 Å². The highest BCUT2D eigenvalue weighted by atomic mass is 32.1. The summed E-state index contributed by atoms with van der Waals surface area (Å²) in [4.78, 5) is 23.0. The first-order valence-corrected chi connectivity index (χ1v) is 9.22. The highest BCUT2D eigenvalue weighted by Gasteiger charge is 2.51. The minimum atomic E-state index is -0.551. The van der Waals surface area contributed by atoms with Crippen molar-refractivity contribution in [2.45, 2.75) is 44.1 Å². The molecule has 4 aliphatic carbocycles. The van der Waals surface area contributed by atoms with E-state index in [1.807, 2.05) is 0 Å². The quantitative estimate of drug-likeness (QED) is 0.492. The van der Waals surface area contributed by atoms with Gasteiger partial charge in [-0.05, 0) is 74.6 Å². The van der Waals surface area contributed by atoms with Crippen LogP contribution in [0.4, 0.5) is 5.69 Å². The fourth-order valence-corrected chi connectivity index (χ4v) is 5.84. The molecular formula is C18H21N3O3S. The fourth-order valence-electron chi connectivity index (χ4n) is 5.53. The molecule has 0 atom stereocenters. The maximum Gasteiger partial charge on any atom is 0.282 e. The van der Waals surface area contributed by atoms with Crippen molar-refractivity contribution < 1.29 is 9.72 Å². The van der Waals surface area contributed by atoms with Crippen molar-refractivity contribution in [1.29, 1.82) is 0 Å². The maximum absolute atomic E-state index is 12.4. The van der Waals surface area contributed by atoms with Crippen LogP contribution in [0.3, 0.4) is 0 Å². The zero-order valence-electron chi connectivity index (χ0n) is 13.9. The van der Waals surface area contributed by atoms with Crippen molar-refractivity contribution in [3.05, 3.63) is 39.9 Å². The number of carbonyl (C=O) groups excluding carboxylic acids is 1. The first kappa shape index (κ1) is 16.4. The van der Waals surface area contributed by atoms with Crippen LogP contribution < -0.4 is 10.6 Å². The van der Waals surface area contributed by atoms with Gasteiger partial charge >= 0.3 is 0 Å². The van der Waals surface area contributed by atoms with Gasteiger partial charge in [-0.15, -0.1) is 0 Å². The van der Waals surface area contributed by atoms with Crippen molar-refractivity contribution in [1.82, 2.24) is 10.6 Å². The van der Waals surface area contributed by atoms with E-state index in [2.05, 4.69) is 10.6 Å². The molecular weight excluding hydrogens is 338 g/mol. The van der Waals surface area contributed by atoms with E-state index in [9.17, 15) is 14.9 Å². The van der Waals surface area contributed by atoms with Crippen molar-refractivity contribution in [3.8, 4) is 0 Å². The Morgan fingerprint density at radius 3 is 2.24 bits per heavy atom. The fraction of sp³-hybridized carbons (Fsp3) is 0.556. The largest absolute Gasteiger partial charge is 0.357 e. The second kappa shape index (κ2) is 6.05. The molecule has 7 heteroatoms. The molecule has 1 aromatic carbocycles. The van der Waals surface area contributed by atoms with Crippen LogP contribution in [0.5, 0.6) is 0 Å². The molecule has 25 heavy (non-hydrogen) atoms. The zero-order valence-corrected chi connectivity index (χ0v) is 14.7. The van der Waals surface area contributed by atoms with Crippen LogP contribution in [0.1, 0.15) is 48.9 Å². The smallest absolute Gasteiger partial charge is 0.282 e. The lowest BCUT2D eigenvalue weighted by molar-refractivity contribution is -0.385. The molecule has 132 valence electrons. The standard InChI is InChI=1S/C18H21N3O3S/c22-16(14-3-1-2-4-15(14)21(23)24)19-17(25)20-18-8-11-5-12(9-18)7-13(6-11)10-18/h1-4,11-13H,5-10H2,(H2,19,20,22,25). The summed E-state index contributed by atoms with van der Waals surface area (Å²) in [5, 5.41) is 17.4. The molecule has 0 radical (unpaired) electrons. The number of nitrogens with one attached hydrogen (secondary N) is 2. The number of nitrogens with zero attached hydrogens (tertiary/aromatic N) is 1. The number of amides is 1. The monoisotopic (exact) mass is 359 g/mol. The Morgan fingerprint density at radius 1 is 1.12 bits per heavy atom. The zero-order chi connectivity index (χ0) is 17.6. The molecule has 0 unspecified atom stereocenters. The third-order valence-corrected chi connectivity index (χ3v) is 6.19. The molecule has 4 fully saturated rings. The minimum Gasteiger partial charge on any atom is -0.357 e. The van der Waals surface area contributed by atoms with Crippen molar-refractivity contribution in [2.75, 3.05) is 0 Å². The van der Waals surface area contributed by atoms with Crippen LogP contribution in [-0.2, 0) is 0 Å². The number of hydrogen-bond donors (Lipinski definition) is 2. The first-order chi connectivity index (χ1) is 11.9. The van der Waals surface area contributed by atoms with E-state index < -0.39 is 10.8 Å². The second-order valence-corrected chi connectivity index (χ2v) is 8.29. The maximum atomic E-state index is 12.4. The molecule has 1 amide bonds. The summed E-state index contributed by atoms with van der Waals surface area (Å²) in [5.41, 5.74) is -0.179. The number of nitro benzene ring substituents is 1. The first-order valence-electron chi connectivity index (χ1n) is 8.81. The second-order valence-electron chi connectivity index (χ2n) is 7.88. The molecule has 0 heterocycles. The molecule has 6 nitrogen and oxygen atoms in total. The molecule has 2 N–H and O–H groups in total. The number of nitro groups is 1. The van der Waals surface area contributed by atoms with Gasteiger partial charge in [-0.25, -0.2) is 0 Å². The van der Waals surface area contributed by atoms with Crippen molar-refractivity contribution in [3.63, 3.8) is 0 Å². The summed E-state index contributed by atoms with van der Waals surface area (Å²) >= 11 is 5.36. The predicted molar refractivity (Wildman–Crippen MR) is 97.2 cm³/mol. The molecule has 0 aromatic heterocycles. The van der Waals surface area contributed by atoms with Gasteiger partial charge in [-0.1, -0.05) is 12.1 Å². The number of benzene rings is 1. The lowest BCUT2D eigenvalue weighted by Gasteiger charge is -2.57. The van der Waals surface area contributed by atoms with Gasteiger partial charge in [-0.2, -0.15) is 0 Å². The highest BCUT2D eigenvalue weighted by molar-refractivity contribution is 7.80. The van der Waals surface area contributed by atoms with Gasteiger partial charge in [-0.3, -0.25) is 20.2 Å². The predicted octanol–water partition coefficient (Wildman–Crippen LogP) is 3.17. The normalized spacial score (nSPS) is 32.2. The Bertz CT molecular complexity index is 714. The lowest BCUT2D eigenvalue weighted by Crippen LogP contribution is -2.61. The molecule has 4 aliphatic rings. The third kappa shape index (κ3) is 3.13. The Balaban J connectivity index is 1.45. The Morgan fingerprint density at radius 2 is 1.68 bits per heavy atom. The highest BCUT2D eigenvalue weighted by Crippen LogP contribution is 2.55. The molecule has 1 aromatic rings. The Kier molecular flexibility index (Phi) is 3.98. The average Bonchev–Trinajstić information content (AvgIpc) is 2.52. The van der Waals surface area contributed by atoms with Crippen LogP contribution in [0.25, 0.3) is 0 Å². The minimum absolute atomic E-state index is 0.00172. The SMILES string of the molecule is O=C(NC(=S)NC12CC3CC(CC(C3)C1)C2)c1ccccc1[N+](=O)[O-]. The molecule has 5 rings (SSSR count). The van der Waals surface area contributed by atoms with E-state index in [0.29, 0.717) is 0 Å². The number of para-hydroxylation sites is 1. The van der Waals surface area contributed by atoms with Gasteiger partial charge in [0, 0.05) is 11.6 Å². The van der Waals surface area contributed by atoms with Crippen molar-refractivity contribution in [2.24, 2.45) is 17.8 Å². The van der Waals surface area contributed by atoms with E-state index in [1.54, 1.807) is 12.1 Å². The topological polar surface area (TPSA) is 84.3 Å². The summed E-state index contributed by atoms with van der Waals surface area (Å²) in [5.74, 6) is 1.78. The van der Waals surface area contributed by atoms with Crippen LogP contribution in [0.2, 0.25) is 0 Å². The third-order valence-electron chi connectivity index (χ3n) is 5.99. The van der Waals surface area contributed by atoms with Crippen molar-refractivity contribution >= 4 is 28.9 Å². The number of carbonyl (C=O) groups is 1. The van der Waals surface area contributed by atoms with Crippen LogP contribution in [0.15, 0.2) is 24.3 Å². The van der Waals surface area contributed by atoms with E-state index in [4.69, 9.17) is 12.2 Å². The number of rotatable bonds is 3. The molecule has 0 saturated heterocycles. The summed E-state index contributed by atoms with van der Waals surface area (Å²) in [6, 6.07) is 5.92. The summed E-state index contributed by atoms with van der Waals surface area (Å²) in [7, 11) is 0. The van der Waals surface area contributed by atoms with Crippen LogP contribution in [-0.4, -0.2) is 21.5 Å². The summed E-state index contributed by atoms with van der Waals surface area (Å²) in [6.45, 7) is 0. The lowest BCUT2D eigenvalue weighted by atomic mass is 9.53. The molecule has 0 aliphatic heterocycles. The van der Waals surface area contributed by atoms with Gasteiger partial charge < -0.3 is 5.32 Å². The number of thiocarbonyl (C=S) groups is 1. The van der Waals surface area contributed by atoms with E-state index in [1.165, 1.54) is 31.4 Å². The van der Waals surface area contributed by atoms with Gasteiger partial charge in [0.1, 0.15) is 5.56 Å².